The van der Waals surface area contributed by atoms with Crippen LogP contribution in [0.25, 0.3) is 0 Å². The van der Waals surface area contributed by atoms with Gasteiger partial charge in [0.05, 0.1) is 0 Å². The molecule has 1 heteroatoms. The van der Waals surface area contributed by atoms with Gasteiger partial charge in [-0.1, -0.05) is 24.1 Å². The number of fused-ring (bicyclic) bond motifs is 1. The summed E-state index contributed by atoms with van der Waals surface area (Å²) in [6.45, 7) is 8.03. The lowest BCUT2D eigenvalue weighted by Crippen LogP contribution is -2.27. The van der Waals surface area contributed by atoms with E-state index in [1.807, 2.05) is 0 Å². The lowest BCUT2D eigenvalue weighted by atomic mass is 9.88. The van der Waals surface area contributed by atoms with E-state index in [9.17, 15) is 0 Å². The highest BCUT2D eigenvalue weighted by Gasteiger charge is 2.38. The highest BCUT2D eigenvalue weighted by molar-refractivity contribution is 5.37. The molecule has 1 aliphatic heterocycles. The van der Waals surface area contributed by atoms with Gasteiger partial charge in [-0.05, 0) is 81.5 Å². The van der Waals surface area contributed by atoms with Crippen molar-refractivity contribution in [2.24, 2.45) is 11.8 Å². The molecule has 3 unspecified atom stereocenters. The van der Waals surface area contributed by atoms with Crippen LogP contribution in [0.15, 0.2) is 12.1 Å². The molecule has 1 aromatic rings. The van der Waals surface area contributed by atoms with Crippen LogP contribution in [0, 0.1) is 32.6 Å². The fourth-order valence-corrected chi connectivity index (χ4v) is 4.52. The first-order valence-corrected chi connectivity index (χ1v) is 7.95. The normalized spacial score (nSPS) is 29.7. The summed E-state index contributed by atoms with van der Waals surface area (Å²) in [6, 6.07) is 5.46. The molecule has 19 heavy (non-hydrogen) atoms. The Morgan fingerprint density at radius 3 is 2.58 bits per heavy atom. The molecule has 3 rings (SSSR count). The van der Waals surface area contributed by atoms with Crippen LogP contribution in [-0.2, 0) is 6.42 Å². The van der Waals surface area contributed by atoms with E-state index < -0.39 is 0 Å². The molecule has 1 N–H and O–H groups in total. The molecule has 1 heterocycles. The van der Waals surface area contributed by atoms with Crippen molar-refractivity contribution in [2.75, 3.05) is 6.54 Å². The van der Waals surface area contributed by atoms with E-state index in [1.54, 1.807) is 5.56 Å². The van der Waals surface area contributed by atoms with Crippen molar-refractivity contribution in [1.82, 2.24) is 5.32 Å². The van der Waals surface area contributed by atoms with Gasteiger partial charge in [0, 0.05) is 6.04 Å². The van der Waals surface area contributed by atoms with Gasteiger partial charge in [0.15, 0.2) is 0 Å². The van der Waals surface area contributed by atoms with Gasteiger partial charge in [-0.3, -0.25) is 0 Å². The van der Waals surface area contributed by atoms with Gasteiger partial charge in [-0.15, -0.1) is 0 Å². The highest BCUT2D eigenvalue weighted by atomic mass is 15.0. The van der Waals surface area contributed by atoms with Crippen LogP contribution < -0.4 is 5.32 Å². The average Bonchev–Trinajstić information content (AvgIpc) is 2.91. The minimum Gasteiger partial charge on any atom is -0.313 e. The zero-order chi connectivity index (χ0) is 13.4. The first-order valence-electron chi connectivity index (χ1n) is 7.95. The summed E-state index contributed by atoms with van der Waals surface area (Å²) < 4.78 is 0. The van der Waals surface area contributed by atoms with Gasteiger partial charge in [-0.2, -0.15) is 0 Å². The van der Waals surface area contributed by atoms with Gasteiger partial charge in [0.2, 0.25) is 0 Å². The molecule has 1 saturated heterocycles. The predicted octanol–water partition coefficient (Wildman–Crippen LogP) is 3.93. The maximum absolute atomic E-state index is 3.78. The Labute approximate surface area is 117 Å². The van der Waals surface area contributed by atoms with Crippen molar-refractivity contribution in [3.63, 3.8) is 0 Å². The van der Waals surface area contributed by atoms with Crippen LogP contribution in [0.3, 0.4) is 0 Å². The molecule has 0 aromatic heterocycles. The topological polar surface area (TPSA) is 12.0 Å². The summed E-state index contributed by atoms with van der Waals surface area (Å²) in [5.41, 5.74) is 5.96. The van der Waals surface area contributed by atoms with Crippen molar-refractivity contribution >= 4 is 0 Å². The Morgan fingerprint density at radius 2 is 1.84 bits per heavy atom. The Hall–Kier alpha value is -0.820. The third-order valence-corrected chi connectivity index (χ3v) is 5.42. The number of hydrogen-bond acceptors (Lipinski definition) is 1. The molecule has 0 spiro atoms. The molecule has 2 aliphatic rings. The fraction of sp³-hybridized carbons (Fsp3) is 0.667. The number of benzene rings is 1. The zero-order valence-corrected chi connectivity index (χ0v) is 12.6. The van der Waals surface area contributed by atoms with Crippen molar-refractivity contribution in [3.8, 4) is 0 Å². The molecule has 1 saturated carbocycles. The van der Waals surface area contributed by atoms with Crippen LogP contribution in [0.2, 0.25) is 0 Å². The van der Waals surface area contributed by atoms with E-state index in [2.05, 4.69) is 38.2 Å². The molecule has 0 radical (unpaired) electrons. The molecular formula is C18H27N. The Morgan fingerprint density at radius 1 is 1.11 bits per heavy atom. The lowest BCUT2D eigenvalue weighted by molar-refractivity contribution is 0.393. The maximum atomic E-state index is 3.78. The quantitative estimate of drug-likeness (QED) is 0.865. The third kappa shape index (κ3) is 2.58. The molecule has 1 aliphatic carbocycles. The van der Waals surface area contributed by atoms with E-state index >= 15 is 0 Å². The summed E-state index contributed by atoms with van der Waals surface area (Å²) >= 11 is 0. The second-order valence-electron chi connectivity index (χ2n) is 6.79. The van der Waals surface area contributed by atoms with Gasteiger partial charge in [0.1, 0.15) is 0 Å². The molecule has 1 nitrogen and oxygen atoms in total. The van der Waals surface area contributed by atoms with Gasteiger partial charge < -0.3 is 5.32 Å². The summed E-state index contributed by atoms with van der Waals surface area (Å²) in [5, 5.41) is 3.78. The monoisotopic (exact) mass is 257 g/mol. The SMILES string of the molecule is Cc1cc(C)c(CCC2NCC3CCCC32)c(C)c1. The highest BCUT2D eigenvalue weighted by Crippen LogP contribution is 2.39. The van der Waals surface area contributed by atoms with Crippen molar-refractivity contribution < 1.29 is 0 Å². The molecule has 0 bridgehead atoms. The average molecular weight is 257 g/mol. The Bertz CT molecular complexity index is 440. The van der Waals surface area contributed by atoms with Crippen LogP contribution in [0.4, 0.5) is 0 Å². The summed E-state index contributed by atoms with van der Waals surface area (Å²) in [4.78, 5) is 0. The Kier molecular flexibility index (Phi) is 3.66. The predicted molar refractivity (Wildman–Crippen MR) is 81.6 cm³/mol. The van der Waals surface area contributed by atoms with Crippen LogP contribution >= 0.6 is 0 Å². The minimum atomic E-state index is 0.785. The fourth-order valence-electron chi connectivity index (χ4n) is 4.52. The standard InChI is InChI=1S/C18H27N/c1-12-9-13(2)16(14(3)10-12)7-8-18-17-6-4-5-15(17)11-19-18/h9-10,15,17-19H,4-8,11H2,1-3H3. The number of hydrogen-bond donors (Lipinski definition) is 1. The van der Waals surface area contributed by atoms with E-state index in [1.165, 1.54) is 55.3 Å². The van der Waals surface area contributed by atoms with E-state index in [4.69, 9.17) is 0 Å². The van der Waals surface area contributed by atoms with Crippen LogP contribution in [-0.4, -0.2) is 12.6 Å². The lowest BCUT2D eigenvalue weighted by Gasteiger charge is -2.19. The molecule has 104 valence electrons. The molecule has 3 atom stereocenters. The smallest absolute Gasteiger partial charge is 0.0102 e. The first-order chi connectivity index (χ1) is 9.15. The minimum absolute atomic E-state index is 0.785. The van der Waals surface area contributed by atoms with E-state index in [0.29, 0.717) is 0 Å². The van der Waals surface area contributed by atoms with Gasteiger partial charge in [0.25, 0.3) is 0 Å². The largest absolute Gasteiger partial charge is 0.313 e. The summed E-state index contributed by atoms with van der Waals surface area (Å²) in [6.07, 6.45) is 6.98. The number of rotatable bonds is 3. The van der Waals surface area contributed by atoms with Crippen molar-refractivity contribution in [2.45, 2.75) is 58.9 Å². The van der Waals surface area contributed by atoms with Crippen molar-refractivity contribution in [1.29, 1.82) is 0 Å². The van der Waals surface area contributed by atoms with Gasteiger partial charge >= 0.3 is 0 Å². The van der Waals surface area contributed by atoms with Crippen LogP contribution in [0.5, 0.6) is 0 Å². The van der Waals surface area contributed by atoms with Crippen molar-refractivity contribution in [3.05, 3.63) is 34.4 Å². The maximum Gasteiger partial charge on any atom is 0.0102 e. The van der Waals surface area contributed by atoms with E-state index in [0.717, 1.165) is 17.9 Å². The summed E-state index contributed by atoms with van der Waals surface area (Å²) in [5.74, 6) is 1.97. The summed E-state index contributed by atoms with van der Waals surface area (Å²) in [7, 11) is 0. The molecule has 2 fully saturated rings. The molecular weight excluding hydrogens is 230 g/mol. The van der Waals surface area contributed by atoms with Crippen LogP contribution in [0.1, 0.15) is 47.9 Å². The third-order valence-electron chi connectivity index (χ3n) is 5.42. The Balaban J connectivity index is 1.66. The molecule has 1 aromatic carbocycles. The first kappa shape index (κ1) is 13.2. The molecule has 0 amide bonds. The van der Waals surface area contributed by atoms with Gasteiger partial charge in [-0.25, -0.2) is 0 Å². The number of aryl methyl sites for hydroxylation is 3. The second-order valence-corrected chi connectivity index (χ2v) is 6.79. The zero-order valence-electron chi connectivity index (χ0n) is 12.6. The number of nitrogens with one attached hydrogen (secondary N) is 1. The second kappa shape index (κ2) is 5.28. The van der Waals surface area contributed by atoms with E-state index in [-0.39, 0.29) is 0 Å².